The molecule has 12 aromatic rings. The van der Waals surface area contributed by atoms with Gasteiger partial charge in [0.15, 0.2) is 0 Å². The van der Waals surface area contributed by atoms with Crippen molar-refractivity contribution in [3.63, 3.8) is 0 Å². The van der Waals surface area contributed by atoms with E-state index in [9.17, 15) is 0 Å². The molecule has 0 aliphatic heterocycles. The normalized spacial score (nSPS) is 10.3. The Kier molecular flexibility index (Phi) is 29.6. The third-order valence-corrected chi connectivity index (χ3v) is 15.4. The Morgan fingerprint density at radius 3 is 0.659 bits per heavy atom. The van der Waals surface area contributed by atoms with E-state index in [0.717, 1.165) is 43.6 Å². The minimum atomic E-state index is 0. The quantitative estimate of drug-likeness (QED) is 0.105. The minimum Gasteiger partial charge on any atom is -1.00 e. The van der Waals surface area contributed by atoms with Gasteiger partial charge in [0.1, 0.15) is 0 Å². The van der Waals surface area contributed by atoms with Gasteiger partial charge in [-0.3, -0.25) is 0 Å². The van der Waals surface area contributed by atoms with Crippen LogP contribution in [0.15, 0.2) is 236 Å². The summed E-state index contributed by atoms with van der Waals surface area (Å²) in [5.74, 6) is 0. The van der Waals surface area contributed by atoms with Gasteiger partial charge in [0.05, 0.1) is 0 Å². The molecule has 0 aliphatic carbocycles. The Balaban J connectivity index is 0.000000190. The zero-order valence-corrected chi connectivity index (χ0v) is 62.7. The second kappa shape index (κ2) is 34.9. The van der Waals surface area contributed by atoms with Crippen molar-refractivity contribution in [3.05, 3.63) is 259 Å². The molecule has 0 radical (unpaired) electrons. The van der Waals surface area contributed by atoms with Crippen molar-refractivity contribution < 1.29 is 71.5 Å². The molecule has 0 aliphatic rings. The maximum Gasteiger partial charge on any atom is -1.00 e. The van der Waals surface area contributed by atoms with Crippen molar-refractivity contribution in [2.45, 2.75) is 79.6 Å². The van der Waals surface area contributed by atoms with Crippen LogP contribution in [-0.4, -0.2) is 10.9 Å². The molecule has 0 fully saturated rings. The van der Waals surface area contributed by atoms with Gasteiger partial charge in [0.25, 0.3) is 0 Å². The summed E-state index contributed by atoms with van der Waals surface area (Å²) in [4.78, 5) is 0. The molecule has 0 saturated heterocycles. The first-order valence-corrected chi connectivity index (χ1v) is 42.9. The first-order valence-electron chi connectivity index (χ1n) is 27.4. The zero-order chi connectivity index (χ0) is 57.3. The standard InChI is InChI=1S/4C17H14Br.2C2H6Si.2ClH.2Zr/c4*1-2-12-9-13-6-4-8-16(17(13)10-12)14-5-3-7-15(18)11-14;2*1-3-2;;;;/h4*3-11H,2H2,1H3;2*1-2H3;2*1H;;/q4*-1;;;;;2*+2/p-2. The number of benzene rings is 8. The third kappa shape index (κ3) is 20.0. The van der Waals surface area contributed by atoms with Crippen LogP contribution in [0.25, 0.3) is 87.6 Å². The van der Waals surface area contributed by atoms with Gasteiger partial charge in [-0.25, -0.2) is 0 Å². The van der Waals surface area contributed by atoms with Crippen LogP contribution >= 0.6 is 63.7 Å². The van der Waals surface area contributed by atoms with Crippen molar-refractivity contribution in [1.82, 2.24) is 0 Å². The molecule has 10 heteroatoms. The average Bonchev–Trinajstić information content (AvgIpc) is 4.29. The van der Waals surface area contributed by atoms with Crippen LogP contribution in [0.3, 0.4) is 0 Å². The van der Waals surface area contributed by atoms with Crippen molar-refractivity contribution in [2.75, 3.05) is 0 Å². The molecule has 82 heavy (non-hydrogen) atoms. The summed E-state index contributed by atoms with van der Waals surface area (Å²) in [7, 11) is 0. The van der Waals surface area contributed by atoms with Gasteiger partial charge in [0, 0.05) is 17.9 Å². The van der Waals surface area contributed by atoms with Crippen LogP contribution in [0, 0.1) is 0 Å². The predicted molar refractivity (Wildman–Crippen MR) is 363 cm³/mol. The van der Waals surface area contributed by atoms with E-state index in [1.54, 1.807) is 46.7 Å². The van der Waals surface area contributed by atoms with E-state index in [1.165, 1.54) is 110 Å². The summed E-state index contributed by atoms with van der Waals surface area (Å²) in [6, 6.07) is 78.4. The molecular weight excluding hydrogens is 1490 g/mol. The molecule has 0 aromatic heterocycles. The van der Waals surface area contributed by atoms with Crippen LogP contribution in [0.1, 0.15) is 49.9 Å². The predicted octanol–water partition coefficient (Wildman–Crippen LogP) is 17.8. The van der Waals surface area contributed by atoms with E-state index in [2.05, 4.69) is 336 Å². The molecule has 0 N–H and O–H groups in total. The Labute approximate surface area is 564 Å². The van der Waals surface area contributed by atoms with Gasteiger partial charge in [-0.05, 0) is 96.5 Å². The number of halogens is 6. The first-order chi connectivity index (χ1) is 38.6. The number of hydrogen-bond acceptors (Lipinski definition) is 0. The van der Waals surface area contributed by atoms with Gasteiger partial charge in [-0.1, -0.05) is 186 Å². The maximum atomic E-state index is 3.54. The molecule has 0 spiro atoms. The fourth-order valence-electron chi connectivity index (χ4n) is 9.63. The van der Waals surface area contributed by atoms with E-state index < -0.39 is 0 Å². The molecule has 0 unspecified atom stereocenters. The molecule has 0 atom stereocenters. The molecule has 12 aromatic carbocycles. The third-order valence-electron chi connectivity index (χ3n) is 13.4. The Bertz CT molecular complexity index is 3500. The molecule has 0 nitrogen and oxygen atoms in total. The monoisotopic (exact) mass is 1550 g/mol. The summed E-state index contributed by atoms with van der Waals surface area (Å²) in [6.45, 7) is 18.0. The van der Waals surface area contributed by atoms with Gasteiger partial charge in [-0.2, -0.15) is 24.3 Å². The van der Waals surface area contributed by atoms with Crippen LogP contribution in [0.5, 0.6) is 0 Å². The summed E-state index contributed by atoms with van der Waals surface area (Å²) in [5, 5.41) is 10.8. The Morgan fingerprint density at radius 2 is 0.488 bits per heavy atom. The van der Waals surface area contributed by atoms with Crippen LogP contribution in [-0.2, 0) is 72.4 Å². The topological polar surface area (TPSA) is 0 Å². The van der Waals surface area contributed by atoms with Crippen molar-refractivity contribution in [3.8, 4) is 44.5 Å². The van der Waals surface area contributed by atoms with Crippen LogP contribution < -0.4 is 24.8 Å². The van der Waals surface area contributed by atoms with Gasteiger partial charge >= 0.3 is 83.7 Å². The maximum absolute atomic E-state index is 3.54. The molecular formula is C72H68Br4Cl2Si2Zr2-2. The van der Waals surface area contributed by atoms with Gasteiger partial charge in [-0.15, -0.1) is 138 Å². The fourth-order valence-corrected chi connectivity index (χ4v) is 11.2. The number of rotatable bonds is 8. The minimum absolute atomic E-state index is 0. The second-order valence-corrected chi connectivity index (χ2v) is 42.6. The number of fused-ring (bicyclic) bond motifs is 4. The van der Waals surface area contributed by atoms with Gasteiger partial charge < -0.3 is 24.8 Å². The molecule has 0 saturated carbocycles. The van der Waals surface area contributed by atoms with Crippen molar-refractivity contribution in [2.24, 2.45) is 0 Å². The second-order valence-electron chi connectivity index (χ2n) is 20.1. The van der Waals surface area contributed by atoms with E-state index in [0.29, 0.717) is 0 Å². The van der Waals surface area contributed by atoms with Gasteiger partial charge in [0.2, 0.25) is 0 Å². The SMILES string of the molecule is CCc1cc2c(-c3cccc(Br)c3)cccc2[cH-]1.CCc1cc2c(-c3cccc(Br)c3)cccc2[cH-]1.CCc1cc2c(-c3cccc(Br)c3)cccc2[cH-]1.CCc1cc2c(-c3cccc(Br)c3)cccc2[cH-]1.C[Si](C)=[Zr+2].C[Si](C)=[Zr+2].[Cl-].[Cl-]. The molecule has 0 bridgehead atoms. The smallest absolute Gasteiger partial charge is 1.00 e. The largest absolute Gasteiger partial charge is 1.00 e. The summed E-state index contributed by atoms with van der Waals surface area (Å²) in [6.07, 6.45) is 4.36. The molecule has 12 rings (SSSR count). The Morgan fingerprint density at radius 1 is 0.305 bits per heavy atom. The van der Waals surface area contributed by atoms with Crippen LogP contribution in [0.2, 0.25) is 26.2 Å². The van der Waals surface area contributed by atoms with Crippen molar-refractivity contribution in [1.29, 1.82) is 0 Å². The summed E-state index contributed by atoms with van der Waals surface area (Å²) in [5.41, 5.74) is 16.4. The van der Waals surface area contributed by atoms with E-state index in [1.807, 2.05) is 0 Å². The van der Waals surface area contributed by atoms with E-state index in [4.69, 9.17) is 0 Å². The van der Waals surface area contributed by atoms with Crippen molar-refractivity contribution >= 4 is 118 Å². The van der Waals surface area contributed by atoms with E-state index in [-0.39, 0.29) is 35.7 Å². The molecule has 0 amide bonds. The van der Waals surface area contributed by atoms with E-state index >= 15 is 0 Å². The van der Waals surface area contributed by atoms with Crippen LogP contribution in [0.4, 0.5) is 0 Å². The summed E-state index contributed by atoms with van der Waals surface area (Å²) < 4.78 is 4.50. The number of aryl methyl sites for hydroxylation is 4. The molecule has 0 heterocycles. The number of hydrogen-bond donors (Lipinski definition) is 0. The zero-order valence-electron chi connectivity index (χ0n) is 47.9. The Hall–Kier alpha value is -3.10. The fraction of sp³-hybridized carbons (Fsp3) is 0.167. The average molecular weight is 1560 g/mol. The molecule has 416 valence electrons. The summed E-state index contributed by atoms with van der Waals surface area (Å²) >= 11 is 17.6. The first kappa shape index (κ1) is 69.7.